The maximum Gasteiger partial charge on any atom is 0.240 e. The SMILES string of the molecule is NC(=O)C1CCCN1C(=O)C1(C(N)=NO)CCCCC1. The molecule has 2 amide bonds. The van der Waals surface area contributed by atoms with Crippen LogP contribution in [0, 0.1) is 5.41 Å². The molecule has 7 heteroatoms. The topological polar surface area (TPSA) is 122 Å². The fourth-order valence-electron chi connectivity index (χ4n) is 3.41. The molecule has 2 rings (SSSR count). The van der Waals surface area contributed by atoms with Gasteiger partial charge in [-0.3, -0.25) is 9.59 Å². The van der Waals surface area contributed by atoms with Crippen molar-refractivity contribution < 1.29 is 14.8 Å². The van der Waals surface area contributed by atoms with E-state index in [0.29, 0.717) is 25.8 Å². The minimum Gasteiger partial charge on any atom is -0.409 e. The molecule has 1 saturated carbocycles. The first-order chi connectivity index (χ1) is 9.53. The molecule has 5 N–H and O–H groups in total. The van der Waals surface area contributed by atoms with Gasteiger partial charge in [0.1, 0.15) is 11.5 Å². The maximum absolute atomic E-state index is 12.9. The van der Waals surface area contributed by atoms with E-state index >= 15 is 0 Å². The Morgan fingerprint density at radius 2 is 1.80 bits per heavy atom. The molecule has 2 aliphatic rings. The first kappa shape index (κ1) is 14.6. The summed E-state index contributed by atoms with van der Waals surface area (Å²) in [6, 6.07) is -0.562. The minimum absolute atomic E-state index is 0.0441. The number of nitrogens with two attached hydrogens (primary N) is 2. The molecular weight excluding hydrogens is 260 g/mol. The van der Waals surface area contributed by atoms with Gasteiger partial charge in [0.05, 0.1) is 0 Å². The Morgan fingerprint density at radius 1 is 1.15 bits per heavy atom. The molecule has 2 fully saturated rings. The molecule has 1 aliphatic heterocycles. The molecule has 1 atom stereocenters. The molecule has 20 heavy (non-hydrogen) atoms. The molecule has 1 heterocycles. The van der Waals surface area contributed by atoms with Gasteiger partial charge in [0.2, 0.25) is 11.8 Å². The van der Waals surface area contributed by atoms with Gasteiger partial charge in [-0.2, -0.15) is 0 Å². The Bertz CT molecular complexity index is 429. The van der Waals surface area contributed by atoms with Crippen molar-refractivity contribution in [1.29, 1.82) is 0 Å². The molecule has 1 aliphatic carbocycles. The number of nitrogens with zero attached hydrogens (tertiary/aromatic N) is 2. The van der Waals surface area contributed by atoms with E-state index in [4.69, 9.17) is 16.7 Å². The smallest absolute Gasteiger partial charge is 0.240 e. The van der Waals surface area contributed by atoms with Gasteiger partial charge in [-0.15, -0.1) is 0 Å². The van der Waals surface area contributed by atoms with Gasteiger partial charge in [0, 0.05) is 6.54 Å². The average Bonchev–Trinajstić information content (AvgIpc) is 2.95. The number of hydrogen-bond donors (Lipinski definition) is 3. The molecular formula is C13H22N4O3. The van der Waals surface area contributed by atoms with Crippen molar-refractivity contribution in [2.75, 3.05) is 6.54 Å². The first-order valence-corrected chi connectivity index (χ1v) is 7.11. The van der Waals surface area contributed by atoms with Crippen molar-refractivity contribution in [3.05, 3.63) is 0 Å². The molecule has 0 spiro atoms. The summed E-state index contributed by atoms with van der Waals surface area (Å²) in [6.07, 6.45) is 5.22. The zero-order chi connectivity index (χ0) is 14.8. The van der Waals surface area contributed by atoms with Crippen LogP contribution >= 0.6 is 0 Å². The van der Waals surface area contributed by atoms with Crippen LogP contribution in [0.25, 0.3) is 0 Å². The van der Waals surface area contributed by atoms with Crippen molar-refractivity contribution in [1.82, 2.24) is 4.90 Å². The van der Waals surface area contributed by atoms with Gasteiger partial charge in [0.15, 0.2) is 5.84 Å². The third kappa shape index (κ3) is 2.32. The number of primary amides is 1. The summed E-state index contributed by atoms with van der Waals surface area (Å²) in [7, 11) is 0. The monoisotopic (exact) mass is 282 g/mol. The van der Waals surface area contributed by atoms with Crippen molar-refractivity contribution in [2.45, 2.75) is 51.0 Å². The fourth-order valence-corrected chi connectivity index (χ4v) is 3.41. The lowest BCUT2D eigenvalue weighted by atomic mass is 9.72. The van der Waals surface area contributed by atoms with Crippen LogP contribution in [0.1, 0.15) is 44.9 Å². The highest BCUT2D eigenvalue weighted by atomic mass is 16.4. The number of amides is 2. The van der Waals surface area contributed by atoms with E-state index in [0.717, 1.165) is 25.7 Å². The van der Waals surface area contributed by atoms with Crippen LogP contribution in [0.5, 0.6) is 0 Å². The van der Waals surface area contributed by atoms with Crippen LogP contribution in [-0.4, -0.2) is 40.3 Å². The Morgan fingerprint density at radius 3 is 2.35 bits per heavy atom. The predicted molar refractivity (Wildman–Crippen MR) is 72.9 cm³/mol. The van der Waals surface area contributed by atoms with Crippen molar-refractivity contribution in [3.63, 3.8) is 0 Å². The van der Waals surface area contributed by atoms with Crippen molar-refractivity contribution >= 4 is 17.6 Å². The van der Waals surface area contributed by atoms with E-state index in [2.05, 4.69) is 5.16 Å². The summed E-state index contributed by atoms with van der Waals surface area (Å²) < 4.78 is 0. The van der Waals surface area contributed by atoms with Crippen LogP contribution in [0.15, 0.2) is 5.16 Å². The largest absolute Gasteiger partial charge is 0.409 e. The number of likely N-dealkylation sites (tertiary alicyclic amines) is 1. The molecule has 1 saturated heterocycles. The summed E-state index contributed by atoms with van der Waals surface area (Å²) in [5.41, 5.74) is 10.2. The minimum atomic E-state index is -0.967. The zero-order valence-corrected chi connectivity index (χ0v) is 11.5. The molecule has 0 bridgehead atoms. The van der Waals surface area contributed by atoms with E-state index in [9.17, 15) is 9.59 Å². The van der Waals surface area contributed by atoms with Gasteiger partial charge >= 0.3 is 0 Å². The standard InChI is InChI=1S/C13H22N4O3/c14-10(18)9-5-4-8-17(9)12(19)13(11(15)16-20)6-2-1-3-7-13/h9,20H,1-8H2,(H2,14,18)(H2,15,16). The molecule has 112 valence electrons. The lowest BCUT2D eigenvalue weighted by Gasteiger charge is -2.38. The van der Waals surface area contributed by atoms with Gasteiger partial charge in [0.25, 0.3) is 0 Å². The van der Waals surface area contributed by atoms with E-state index in [-0.39, 0.29) is 11.7 Å². The Labute approximate surface area is 118 Å². The number of amidine groups is 1. The van der Waals surface area contributed by atoms with Gasteiger partial charge in [-0.25, -0.2) is 0 Å². The molecule has 0 radical (unpaired) electrons. The number of hydrogen-bond acceptors (Lipinski definition) is 4. The van der Waals surface area contributed by atoms with E-state index in [1.54, 1.807) is 0 Å². The van der Waals surface area contributed by atoms with Crippen molar-refractivity contribution in [3.8, 4) is 0 Å². The second-order valence-electron chi connectivity index (χ2n) is 5.69. The molecule has 7 nitrogen and oxygen atoms in total. The summed E-state index contributed by atoms with van der Waals surface area (Å²) in [6.45, 7) is 0.507. The van der Waals surface area contributed by atoms with Crippen molar-refractivity contribution in [2.24, 2.45) is 22.0 Å². The summed E-state index contributed by atoms with van der Waals surface area (Å²) in [5.74, 6) is -0.743. The van der Waals surface area contributed by atoms with Gasteiger partial charge in [-0.05, 0) is 25.7 Å². The van der Waals surface area contributed by atoms with E-state index in [1.807, 2.05) is 0 Å². The quantitative estimate of drug-likeness (QED) is 0.295. The summed E-state index contributed by atoms with van der Waals surface area (Å²) >= 11 is 0. The Kier molecular flexibility index (Phi) is 4.15. The lowest BCUT2D eigenvalue weighted by molar-refractivity contribution is -0.144. The van der Waals surface area contributed by atoms with E-state index in [1.165, 1.54) is 4.90 Å². The Hall–Kier alpha value is -1.79. The second-order valence-corrected chi connectivity index (χ2v) is 5.69. The molecule has 1 unspecified atom stereocenters. The number of carbonyl (C=O) groups excluding carboxylic acids is 2. The van der Waals surface area contributed by atoms with Crippen LogP contribution < -0.4 is 11.5 Å². The van der Waals surface area contributed by atoms with Crippen LogP contribution in [0.4, 0.5) is 0 Å². The molecule has 0 aromatic heterocycles. The average molecular weight is 282 g/mol. The van der Waals surface area contributed by atoms with Gasteiger partial charge < -0.3 is 21.6 Å². The number of rotatable bonds is 3. The highest BCUT2D eigenvalue weighted by Crippen LogP contribution is 2.39. The highest BCUT2D eigenvalue weighted by molar-refractivity contribution is 6.07. The maximum atomic E-state index is 12.9. The molecule has 0 aromatic rings. The predicted octanol–water partition coefficient (Wildman–Crippen LogP) is 0.160. The highest BCUT2D eigenvalue weighted by Gasteiger charge is 2.49. The third-order valence-corrected chi connectivity index (χ3v) is 4.56. The van der Waals surface area contributed by atoms with Crippen LogP contribution in [0.3, 0.4) is 0 Å². The normalized spacial score (nSPS) is 26.5. The van der Waals surface area contributed by atoms with Gasteiger partial charge in [-0.1, -0.05) is 24.4 Å². The number of carbonyl (C=O) groups is 2. The Balaban J connectivity index is 2.29. The van der Waals surface area contributed by atoms with E-state index < -0.39 is 17.4 Å². The third-order valence-electron chi connectivity index (χ3n) is 4.56. The second kappa shape index (κ2) is 5.68. The first-order valence-electron chi connectivity index (χ1n) is 7.11. The summed E-state index contributed by atoms with van der Waals surface area (Å²) in [5, 5.41) is 12.1. The summed E-state index contributed by atoms with van der Waals surface area (Å²) in [4.78, 5) is 25.9. The van der Waals surface area contributed by atoms with Crippen LogP contribution in [-0.2, 0) is 9.59 Å². The number of oxime groups is 1. The zero-order valence-electron chi connectivity index (χ0n) is 11.5. The lowest BCUT2D eigenvalue weighted by Crippen LogP contribution is -2.55. The van der Waals surface area contributed by atoms with Crippen LogP contribution in [0.2, 0.25) is 0 Å². The molecule has 0 aromatic carbocycles. The fraction of sp³-hybridized carbons (Fsp3) is 0.769.